The molecule has 0 amide bonds. The third kappa shape index (κ3) is 2.65. The minimum absolute atomic E-state index is 0. The maximum absolute atomic E-state index is 8.59. The first kappa shape index (κ1) is 10.7. The van der Waals surface area contributed by atoms with Gasteiger partial charge < -0.3 is 10.8 Å². The van der Waals surface area contributed by atoms with E-state index in [2.05, 4.69) is 4.98 Å². The zero-order valence-electron chi connectivity index (χ0n) is 6.20. The fourth-order valence-corrected chi connectivity index (χ4v) is 1.61. The summed E-state index contributed by atoms with van der Waals surface area (Å²) in [7, 11) is 0. The van der Waals surface area contributed by atoms with Gasteiger partial charge in [-0.15, -0.1) is 23.7 Å². The Balaban J connectivity index is 0.000001000. The molecule has 1 aromatic rings. The van der Waals surface area contributed by atoms with Gasteiger partial charge in [0.05, 0.1) is 5.69 Å². The van der Waals surface area contributed by atoms with Gasteiger partial charge in [-0.3, -0.25) is 0 Å². The molecule has 0 aliphatic rings. The molecule has 0 saturated carbocycles. The van der Waals surface area contributed by atoms with Gasteiger partial charge in [-0.1, -0.05) is 0 Å². The van der Waals surface area contributed by atoms with Crippen LogP contribution in [0.25, 0.3) is 0 Å². The molecule has 0 radical (unpaired) electrons. The zero-order chi connectivity index (χ0) is 7.56. The number of nitrogen functional groups attached to an aromatic ring is 1. The number of aryl methyl sites for hydroxylation is 1. The number of halogens is 1. The van der Waals surface area contributed by atoms with Crippen LogP contribution >= 0.6 is 23.7 Å². The van der Waals surface area contributed by atoms with Gasteiger partial charge in [0.2, 0.25) is 0 Å². The lowest BCUT2D eigenvalue weighted by Crippen LogP contribution is -1.88. The molecule has 64 valence electrons. The van der Waals surface area contributed by atoms with E-state index in [1.165, 1.54) is 11.3 Å². The Bertz CT molecular complexity index is 226. The summed E-state index contributed by atoms with van der Waals surface area (Å²) in [5.41, 5.74) is 6.38. The molecule has 0 saturated heterocycles. The second kappa shape index (κ2) is 4.54. The Morgan fingerprint density at radius 3 is 2.64 bits per heavy atom. The summed E-state index contributed by atoms with van der Waals surface area (Å²) < 4.78 is 0. The van der Waals surface area contributed by atoms with Crippen LogP contribution in [0, 0.1) is 6.92 Å². The molecule has 0 aliphatic carbocycles. The van der Waals surface area contributed by atoms with Gasteiger partial charge in [-0.25, -0.2) is 4.98 Å². The molecule has 3 N–H and O–H groups in total. The highest BCUT2D eigenvalue weighted by Crippen LogP contribution is 2.19. The van der Waals surface area contributed by atoms with E-state index < -0.39 is 0 Å². The van der Waals surface area contributed by atoms with Gasteiger partial charge in [0, 0.05) is 17.9 Å². The van der Waals surface area contributed by atoms with E-state index in [4.69, 9.17) is 10.8 Å². The van der Waals surface area contributed by atoms with Crippen LogP contribution in [0.5, 0.6) is 0 Å². The van der Waals surface area contributed by atoms with E-state index in [1.807, 2.05) is 6.92 Å². The number of aliphatic hydroxyl groups excluding tert-OH is 1. The summed E-state index contributed by atoms with van der Waals surface area (Å²) >= 11 is 1.45. The number of nitrogens with zero attached hydrogens (tertiary/aromatic N) is 1. The molecule has 3 nitrogen and oxygen atoms in total. The van der Waals surface area contributed by atoms with E-state index in [0.29, 0.717) is 11.6 Å². The molecule has 1 aromatic heterocycles. The molecular formula is C6H11ClN2OS. The van der Waals surface area contributed by atoms with Crippen molar-refractivity contribution in [2.45, 2.75) is 13.3 Å². The number of aromatic nitrogens is 1. The quantitative estimate of drug-likeness (QED) is 0.739. The van der Waals surface area contributed by atoms with Gasteiger partial charge in [0.1, 0.15) is 0 Å². The highest BCUT2D eigenvalue weighted by atomic mass is 35.5. The molecule has 0 fully saturated rings. The molecular weight excluding hydrogens is 184 g/mol. The van der Waals surface area contributed by atoms with E-state index in [-0.39, 0.29) is 19.0 Å². The first-order valence-electron chi connectivity index (χ1n) is 3.06. The fraction of sp³-hybridized carbons (Fsp3) is 0.500. The number of aliphatic hydroxyl groups is 1. The van der Waals surface area contributed by atoms with Gasteiger partial charge in [-0.05, 0) is 6.92 Å². The van der Waals surface area contributed by atoms with E-state index in [1.54, 1.807) is 0 Å². The summed E-state index contributed by atoms with van der Waals surface area (Å²) in [6.45, 7) is 2.07. The smallest absolute Gasteiger partial charge is 0.180 e. The van der Waals surface area contributed by atoms with E-state index in [9.17, 15) is 0 Å². The molecule has 0 atom stereocenters. The van der Waals surface area contributed by atoms with Crippen LogP contribution in [0.4, 0.5) is 5.13 Å². The van der Waals surface area contributed by atoms with Crippen LogP contribution in [-0.4, -0.2) is 16.7 Å². The average Bonchev–Trinajstić information content (AvgIpc) is 2.13. The Morgan fingerprint density at radius 1 is 1.64 bits per heavy atom. The lowest BCUT2D eigenvalue weighted by Gasteiger charge is -1.89. The van der Waals surface area contributed by atoms with Crippen LogP contribution in [0.1, 0.15) is 10.6 Å². The minimum Gasteiger partial charge on any atom is -0.396 e. The van der Waals surface area contributed by atoms with Crippen LogP contribution in [-0.2, 0) is 6.42 Å². The largest absolute Gasteiger partial charge is 0.396 e. The number of hydrogen-bond acceptors (Lipinski definition) is 4. The second-order valence-corrected chi connectivity index (χ2v) is 3.15. The summed E-state index contributed by atoms with van der Waals surface area (Å²) in [5, 5.41) is 9.18. The lowest BCUT2D eigenvalue weighted by molar-refractivity contribution is 0.300. The predicted molar refractivity (Wildman–Crippen MR) is 49.3 cm³/mol. The van der Waals surface area contributed by atoms with E-state index in [0.717, 1.165) is 10.6 Å². The first-order chi connectivity index (χ1) is 4.74. The summed E-state index contributed by atoms with van der Waals surface area (Å²) in [6.07, 6.45) is 0.667. The van der Waals surface area contributed by atoms with Crippen molar-refractivity contribution in [3.05, 3.63) is 10.6 Å². The minimum atomic E-state index is 0. The van der Waals surface area contributed by atoms with Crippen LogP contribution in [0.2, 0.25) is 0 Å². The Hall–Kier alpha value is -0.320. The standard InChI is InChI=1S/C6H10N2OS.ClH/c1-4-5(2-3-9)10-6(7)8-4;/h9H,2-3H2,1H3,(H2,7,8);1H. The van der Waals surface area contributed by atoms with Crippen LogP contribution in [0.3, 0.4) is 0 Å². The van der Waals surface area contributed by atoms with Crippen LogP contribution in [0.15, 0.2) is 0 Å². The molecule has 0 spiro atoms. The Kier molecular flexibility index (Phi) is 4.40. The van der Waals surface area contributed by atoms with Crippen molar-refractivity contribution in [3.63, 3.8) is 0 Å². The van der Waals surface area contributed by atoms with Crippen molar-refractivity contribution in [1.29, 1.82) is 0 Å². The monoisotopic (exact) mass is 194 g/mol. The molecule has 1 heterocycles. The third-order valence-corrected chi connectivity index (χ3v) is 2.29. The van der Waals surface area contributed by atoms with E-state index >= 15 is 0 Å². The highest BCUT2D eigenvalue weighted by molar-refractivity contribution is 7.15. The second-order valence-electron chi connectivity index (χ2n) is 2.03. The van der Waals surface area contributed by atoms with Crippen molar-refractivity contribution in [2.24, 2.45) is 0 Å². The topological polar surface area (TPSA) is 59.1 Å². The van der Waals surface area contributed by atoms with Crippen molar-refractivity contribution in [1.82, 2.24) is 4.98 Å². The van der Waals surface area contributed by atoms with Crippen molar-refractivity contribution in [2.75, 3.05) is 12.3 Å². The van der Waals surface area contributed by atoms with Gasteiger partial charge >= 0.3 is 0 Å². The summed E-state index contributed by atoms with van der Waals surface area (Å²) in [4.78, 5) is 5.10. The fourth-order valence-electron chi connectivity index (χ4n) is 0.784. The molecule has 0 unspecified atom stereocenters. The summed E-state index contributed by atoms with van der Waals surface area (Å²) in [5.74, 6) is 0. The number of anilines is 1. The third-order valence-electron chi connectivity index (χ3n) is 1.25. The van der Waals surface area contributed by atoms with Gasteiger partial charge in [-0.2, -0.15) is 0 Å². The number of thiazole rings is 1. The van der Waals surface area contributed by atoms with Gasteiger partial charge in [0.25, 0.3) is 0 Å². The normalized spacial score (nSPS) is 9.27. The molecule has 1 rings (SSSR count). The molecule has 5 heteroatoms. The summed E-state index contributed by atoms with van der Waals surface area (Å²) in [6, 6.07) is 0. The Labute approximate surface area is 75.7 Å². The van der Waals surface area contributed by atoms with Crippen LogP contribution < -0.4 is 5.73 Å². The zero-order valence-corrected chi connectivity index (χ0v) is 7.84. The number of hydrogen-bond donors (Lipinski definition) is 2. The maximum Gasteiger partial charge on any atom is 0.180 e. The SMILES string of the molecule is Cc1nc(N)sc1CCO.Cl. The predicted octanol–water partition coefficient (Wildman–Crippen LogP) is 0.990. The van der Waals surface area contributed by atoms with Crippen molar-refractivity contribution in [3.8, 4) is 0 Å². The average molecular weight is 195 g/mol. The number of rotatable bonds is 2. The molecule has 0 aromatic carbocycles. The molecule has 0 aliphatic heterocycles. The first-order valence-corrected chi connectivity index (χ1v) is 3.88. The maximum atomic E-state index is 8.59. The van der Waals surface area contributed by atoms with Gasteiger partial charge in [0.15, 0.2) is 5.13 Å². The lowest BCUT2D eigenvalue weighted by atomic mass is 10.3. The molecule has 11 heavy (non-hydrogen) atoms. The Morgan fingerprint density at radius 2 is 2.27 bits per heavy atom. The number of nitrogens with two attached hydrogens (primary N) is 1. The van der Waals surface area contributed by atoms with Crippen molar-refractivity contribution < 1.29 is 5.11 Å². The van der Waals surface area contributed by atoms with Crippen molar-refractivity contribution >= 4 is 28.9 Å². The molecule has 0 bridgehead atoms. The highest BCUT2D eigenvalue weighted by Gasteiger charge is 2.02.